The highest BCUT2D eigenvalue weighted by molar-refractivity contribution is 7.93. The number of sulfone groups is 1. The number of nitrogens with one attached hydrogen (secondary N) is 1. The Kier molecular flexibility index (Phi) is 12.7. The van der Waals surface area contributed by atoms with Crippen molar-refractivity contribution in [2.75, 3.05) is 33.4 Å². The summed E-state index contributed by atoms with van der Waals surface area (Å²) in [5, 5.41) is 13.6. The van der Waals surface area contributed by atoms with Crippen LogP contribution in [0.4, 0.5) is 22.0 Å². The van der Waals surface area contributed by atoms with E-state index in [4.69, 9.17) is 4.74 Å². The number of amides is 1. The Labute approximate surface area is 240 Å². The lowest BCUT2D eigenvalue weighted by Crippen LogP contribution is -2.58. The van der Waals surface area contributed by atoms with Gasteiger partial charge in [0.15, 0.2) is 14.6 Å². The van der Waals surface area contributed by atoms with Gasteiger partial charge in [-0.3, -0.25) is 20.0 Å². The zero-order valence-electron chi connectivity index (χ0n) is 21.2. The number of ether oxygens (including phenoxy) is 1. The molecule has 1 saturated heterocycles. The second-order valence-corrected chi connectivity index (χ2v) is 11.0. The molecule has 1 aliphatic heterocycles. The lowest BCUT2D eigenvalue weighted by atomic mass is 9.95. The Bertz CT molecular complexity index is 1210. The van der Waals surface area contributed by atoms with E-state index >= 15 is 0 Å². The number of hydrogen-bond donors (Lipinski definition) is 2. The van der Waals surface area contributed by atoms with Gasteiger partial charge in [0.05, 0.1) is 35.6 Å². The number of hydroxylamine groups is 2. The minimum atomic E-state index is -5.65. The van der Waals surface area contributed by atoms with Crippen LogP contribution in [0.15, 0.2) is 41.6 Å². The van der Waals surface area contributed by atoms with Crippen LogP contribution in [-0.4, -0.2) is 84.8 Å². The Hall–Kier alpha value is -2.17. The van der Waals surface area contributed by atoms with E-state index in [2.05, 4.69) is 15.3 Å². The third-order valence-electron chi connectivity index (χ3n) is 6.33. The van der Waals surface area contributed by atoms with Crippen LogP contribution in [-0.2, 0) is 25.8 Å². The molecule has 40 heavy (non-hydrogen) atoms. The smallest absolute Gasteiger partial charge is 0.383 e. The fraction of sp³-hybridized carbons (Fsp3) is 0.522. The van der Waals surface area contributed by atoms with E-state index in [9.17, 15) is 40.4 Å². The minimum Gasteiger partial charge on any atom is -0.383 e. The summed E-state index contributed by atoms with van der Waals surface area (Å²) in [6.07, 6.45) is -5.62. The van der Waals surface area contributed by atoms with Gasteiger partial charge in [-0.2, -0.15) is 22.0 Å². The van der Waals surface area contributed by atoms with E-state index < -0.39 is 45.4 Å². The summed E-state index contributed by atoms with van der Waals surface area (Å²) in [4.78, 5) is 20.9. The molecule has 1 fully saturated rings. The third kappa shape index (κ3) is 7.56. The molecule has 1 aliphatic rings. The normalized spacial score (nSPS) is 15.5. The minimum absolute atomic E-state index is 0. The molecular formula is C23H29Cl2F5N4O5S. The van der Waals surface area contributed by atoms with Crippen LogP contribution in [0.3, 0.4) is 0 Å². The van der Waals surface area contributed by atoms with Gasteiger partial charge in [0, 0.05) is 25.3 Å². The van der Waals surface area contributed by atoms with Crippen molar-refractivity contribution in [3.63, 3.8) is 0 Å². The number of piperidine rings is 1. The number of benzene rings is 1. The monoisotopic (exact) mass is 638 g/mol. The highest BCUT2D eigenvalue weighted by Gasteiger charge is 2.56. The Morgan fingerprint density at radius 2 is 1.68 bits per heavy atom. The molecule has 0 spiro atoms. The summed E-state index contributed by atoms with van der Waals surface area (Å²) in [6, 6.07) is 5.38. The average molecular weight is 639 g/mol. The molecular weight excluding hydrogens is 610 g/mol. The molecule has 2 aromatic rings. The largest absolute Gasteiger partial charge is 0.453 e. The Morgan fingerprint density at radius 1 is 1.07 bits per heavy atom. The quantitative estimate of drug-likeness (QED) is 0.228. The molecule has 0 atom stereocenters. The van der Waals surface area contributed by atoms with E-state index in [0.717, 1.165) is 6.20 Å². The molecule has 0 saturated carbocycles. The van der Waals surface area contributed by atoms with E-state index in [1.165, 1.54) is 37.6 Å². The standard InChI is InChI=1S/C23H27F5N4O5S.2ClH/c1-37-13-12-32(34)20(33)21(8-10-29-11-9-21)38(35,36)18-4-2-16(3-5-18)19-15-30-17(14-31-19)6-7-22(24,25)23(26,27)28;;/h2-5,14-15,29,34H,6-13H2,1H3;2*1H. The van der Waals surface area contributed by atoms with Gasteiger partial charge in [-0.05, 0) is 44.5 Å². The average Bonchev–Trinajstić information content (AvgIpc) is 2.90. The molecule has 1 aromatic heterocycles. The van der Waals surface area contributed by atoms with Crippen molar-refractivity contribution >= 4 is 40.6 Å². The summed E-state index contributed by atoms with van der Waals surface area (Å²) in [5.74, 6) is -5.80. The van der Waals surface area contributed by atoms with Crippen LogP contribution < -0.4 is 5.32 Å². The summed E-state index contributed by atoms with van der Waals surface area (Å²) in [5.41, 5.74) is 0.567. The van der Waals surface area contributed by atoms with Crippen molar-refractivity contribution < 1.29 is 45.1 Å². The van der Waals surface area contributed by atoms with Gasteiger partial charge in [0.25, 0.3) is 5.91 Å². The van der Waals surface area contributed by atoms with Crippen LogP contribution in [0, 0.1) is 0 Å². The van der Waals surface area contributed by atoms with Gasteiger partial charge in [-0.15, -0.1) is 24.8 Å². The lowest BCUT2D eigenvalue weighted by Gasteiger charge is -2.37. The highest BCUT2D eigenvalue weighted by atomic mass is 35.5. The molecule has 9 nitrogen and oxygen atoms in total. The van der Waals surface area contributed by atoms with Crippen molar-refractivity contribution in [2.45, 2.75) is 47.4 Å². The predicted molar refractivity (Wildman–Crippen MR) is 139 cm³/mol. The van der Waals surface area contributed by atoms with Crippen LogP contribution in [0.25, 0.3) is 11.3 Å². The fourth-order valence-electron chi connectivity index (χ4n) is 4.03. The second kappa shape index (κ2) is 14.1. The van der Waals surface area contributed by atoms with Crippen LogP contribution in [0.2, 0.25) is 0 Å². The molecule has 1 aromatic carbocycles. The van der Waals surface area contributed by atoms with E-state index in [0.29, 0.717) is 10.6 Å². The summed E-state index contributed by atoms with van der Waals surface area (Å²) in [7, 11) is -2.89. The summed E-state index contributed by atoms with van der Waals surface area (Å²) < 4.78 is 93.6. The molecule has 0 bridgehead atoms. The first-order valence-corrected chi connectivity index (χ1v) is 13.0. The first-order chi connectivity index (χ1) is 17.7. The number of methoxy groups -OCH3 is 1. The van der Waals surface area contributed by atoms with Crippen molar-refractivity contribution in [3.05, 3.63) is 42.4 Å². The Morgan fingerprint density at radius 3 is 2.17 bits per heavy atom. The van der Waals surface area contributed by atoms with E-state index in [1.54, 1.807) is 0 Å². The molecule has 0 aliphatic carbocycles. The summed E-state index contributed by atoms with van der Waals surface area (Å²) in [6.45, 7) is 0.299. The molecule has 2 heterocycles. The first-order valence-electron chi connectivity index (χ1n) is 11.6. The van der Waals surface area contributed by atoms with E-state index in [1.807, 2.05) is 0 Å². The highest BCUT2D eigenvalue weighted by Crippen LogP contribution is 2.39. The SMILES string of the molecule is COCCN(O)C(=O)C1(S(=O)(=O)c2ccc(-c3cnc(CCC(F)(F)C(F)(F)F)cn3)cc2)CCNCC1.Cl.Cl. The molecule has 0 unspecified atom stereocenters. The maximum absolute atomic E-state index is 13.7. The lowest BCUT2D eigenvalue weighted by molar-refractivity contribution is -0.284. The van der Waals surface area contributed by atoms with Gasteiger partial charge < -0.3 is 10.1 Å². The number of carbonyl (C=O) groups is 1. The van der Waals surface area contributed by atoms with Crippen molar-refractivity contribution in [1.82, 2.24) is 20.3 Å². The fourth-order valence-corrected chi connectivity index (χ4v) is 6.06. The van der Waals surface area contributed by atoms with E-state index in [-0.39, 0.29) is 80.2 Å². The molecule has 17 heteroatoms. The molecule has 0 radical (unpaired) electrons. The van der Waals surface area contributed by atoms with Crippen LogP contribution in [0.5, 0.6) is 0 Å². The number of alkyl halides is 5. The van der Waals surface area contributed by atoms with Gasteiger partial charge in [0.1, 0.15) is 0 Å². The topological polar surface area (TPSA) is 122 Å². The second-order valence-electron chi connectivity index (χ2n) is 8.79. The first kappa shape index (κ1) is 35.9. The van der Waals surface area contributed by atoms with Crippen molar-refractivity contribution in [1.29, 1.82) is 0 Å². The zero-order valence-corrected chi connectivity index (χ0v) is 23.6. The predicted octanol–water partition coefficient (Wildman–Crippen LogP) is 3.88. The number of hydrogen-bond acceptors (Lipinski definition) is 8. The van der Waals surface area contributed by atoms with Crippen LogP contribution >= 0.6 is 24.8 Å². The number of carbonyl (C=O) groups excluding carboxylic acids is 1. The number of halogens is 7. The van der Waals surface area contributed by atoms with Gasteiger partial charge >= 0.3 is 12.1 Å². The van der Waals surface area contributed by atoms with Crippen LogP contribution in [0.1, 0.15) is 25.0 Å². The maximum atomic E-state index is 13.7. The van der Waals surface area contributed by atoms with Gasteiger partial charge in [0.2, 0.25) is 0 Å². The van der Waals surface area contributed by atoms with Crippen molar-refractivity contribution in [3.8, 4) is 11.3 Å². The molecule has 3 rings (SSSR count). The molecule has 226 valence electrons. The number of nitrogens with zero attached hydrogens (tertiary/aromatic N) is 3. The van der Waals surface area contributed by atoms with Crippen molar-refractivity contribution in [2.24, 2.45) is 0 Å². The maximum Gasteiger partial charge on any atom is 0.453 e. The van der Waals surface area contributed by atoms with Gasteiger partial charge in [-0.1, -0.05) is 12.1 Å². The number of aryl methyl sites for hydroxylation is 1. The number of aromatic nitrogens is 2. The zero-order chi connectivity index (χ0) is 28.2. The molecule has 1 amide bonds. The summed E-state index contributed by atoms with van der Waals surface area (Å²) >= 11 is 0. The Balaban J connectivity index is 0.00000400. The number of rotatable bonds is 10. The molecule has 2 N–H and O–H groups in total. The van der Waals surface area contributed by atoms with Gasteiger partial charge in [-0.25, -0.2) is 13.5 Å². The third-order valence-corrected chi connectivity index (χ3v) is 8.84.